The Hall–Kier alpha value is -2.38. The minimum Gasteiger partial charge on any atom is -0.481 e. The largest absolute Gasteiger partial charge is 0.481 e. The number of aromatic nitrogens is 1. The number of carboxylic acids is 1. The van der Waals surface area contributed by atoms with Crippen LogP contribution in [0.5, 0.6) is 0 Å². The predicted molar refractivity (Wildman–Crippen MR) is 160 cm³/mol. The number of nitrogens with zero attached hydrogens (tertiary/aromatic N) is 1. The van der Waals surface area contributed by atoms with Crippen LogP contribution < -0.4 is 0 Å². The van der Waals surface area contributed by atoms with Crippen LogP contribution in [0.15, 0.2) is 47.0 Å². The van der Waals surface area contributed by atoms with Crippen molar-refractivity contribution < 1.29 is 24.3 Å². The van der Waals surface area contributed by atoms with Crippen molar-refractivity contribution in [3.05, 3.63) is 75.0 Å². The molecule has 0 bridgehead atoms. The van der Waals surface area contributed by atoms with Crippen LogP contribution in [-0.4, -0.2) is 27.4 Å². The van der Waals surface area contributed by atoms with Gasteiger partial charge in [0, 0.05) is 17.0 Å². The average Bonchev–Trinajstić information content (AvgIpc) is 3.69. The lowest BCUT2D eigenvalue weighted by Gasteiger charge is -2.47. The van der Waals surface area contributed by atoms with Gasteiger partial charge in [0.2, 0.25) is 0 Å². The lowest BCUT2D eigenvalue weighted by Crippen LogP contribution is -2.48. The molecule has 2 aliphatic rings. The summed E-state index contributed by atoms with van der Waals surface area (Å²) < 4.78 is 12.4. The molecule has 220 valence electrons. The molecule has 2 aromatic carbocycles. The summed E-state index contributed by atoms with van der Waals surface area (Å²) in [6.45, 7) is 7.97. The van der Waals surface area contributed by atoms with Gasteiger partial charge in [-0.2, -0.15) is 0 Å². The summed E-state index contributed by atoms with van der Waals surface area (Å²) in [5, 5.41) is 27.3. The molecule has 3 aromatic rings. The van der Waals surface area contributed by atoms with Crippen molar-refractivity contribution in [2.45, 2.75) is 90.4 Å². The van der Waals surface area contributed by atoms with Crippen LogP contribution in [-0.2, 0) is 28.2 Å². The van der Waals surface area contributed by atoms with E-state index in [9.17, 15) is 15.0 Å². The third kappa shape index (κ3) is 5.94. The average molecular weight is 601 g/mol. The van der Waals surface area contributed by atoms with Gasteiger partial charge in [0.15, 0.2) is 0 Å². The van der Waals surface area contributed by atoms with Crippen LogP contribution in [0.3, 0.4) is 0 Å². The topological polar surface area (TPSA) is 92.8 Å². The number of ether oxygens (including phenoxy) is 1. The highest BCUT2D eigenvalue weighted by Gasteiger charge is 2.48. The first-order valence-corrected chi connectivity index (χ1v) is 15.3. The first-order chi connectivity index (χ1) is 19.5. The first kappa shape index (κ1) is 30.1. The van der Waals surface area contributed by atoms with Gasteiger partial charge >= 0.3 is 5.97 Å². The van der Waals surface area contributed by atoms with Crippen LogP contribution in [0.4, 0.5) is 0 Å². The number of aliphatic hydroxyl groups is 1. The fourth-order valence-corrected chi connectivity index (χ4v) is 7.05. The number of aliphatic carboxylic acids is 1. The Morgan fingerprint density at radius 3 is 2.46 bits per heavy atom. The van der Waals surface area contributed by atoms with Crippen molar-refractivity contribution >= 4 is 29.2 Å². The summed E-state index contributed by atoms with van der Waals surface area (Å²) >= 11 is 13.1. The van der Waals surface area contributed by atoms with E-state index in [0.29, 0.717) is 53.1 Å². The van der Waals surface area contributed by atoms with Crippen molar-refractivity contribution in [2.75, 3.05) is 0 Å². The zero-order chi connectivity index (χ0) is 29.5. The lowest BCUT2D eigenvalue weighted by atomic mass is 9.63. The summed E-state index contributed by atoms with van der Waals surface area (Å²) in [6, 6.07) is 13.2. The number of benzene rings is 2. The summed E-state index contributed by atoms with van der Waals surface area (Å²) in [7, 11) is 0. The van der Waals surface area contributed by atoms with E-state index < -0.39 is 17.0 Å². The van der Waals surface area contributed by atoms with Gasteiger partial charge < -0.3 is 19.5 Å². The summed E-state index contributed by atoms with van der Waals surface area (Å²) in [5.74, 6) is 0.257. The van der Waals surface area contributed by atoms with Gasteiger partial charge in [0.05, 0.1) is 33.8 Å². The minimum absolute atomic E-state index is 0.0261. The fraction of sp³-hybridized carbons (Fsp3) is 0.515. The molecule has 0 saturated heterocycles. The van der Waals surface area contributed by atoms with E-state index in [1.54, 1.807) is 26.0 Å². The van der Waals surface area contributed by atoms with Crippen molar-refractivity contribution in [1.82, 2.24) is 5.16 Å². The van der Waals surface area contributed by atoms with Crippen LogP contribution >= 0.6 is 23.2 Å². The Bertz CT molecular complexity index is 1390. The molecule has 0 amide bonds. The smallest absolute Gasteiger partial charge is 0.309 e. The summed E-state index contributed by atoms with van der Waals surface area (Å²) in [4.78, 5) is 11.7. The SMILES string of the molecule is CC[C@@H]1C[C@@H](OCc2c(-c3c(Cl)cccc3Cl)noc2C2CC2)C[C@H](C)[C@]1(O)c1cccc(CC(C)(C)C(=O)O)c1. The number of carboxylic acid groups (broad SMARTS) is 1. The van der Waals surface area contributed by atoms with Crippen molar-refractivity contribution in [3.8, 4) is 11.3 Å². The molecule has 2 fully saturated rings. The second-order valence-electron chi connectivity index (χ2n) is 12.5. The van der Waals surface area contributed by atoms with E-state index in [2.05, 4.69) is 19.0 Å². The quantitative estimate of drug-likeness (QED) is 0.243. The molecule has 5 rings (SSSR count). The Morgan fingerprint density at radius 1 is 1.15 bits per heavy atom. The highest BCUT2D eigenvalue weighted by atomic mass is 35.5. The van der Waals surface area contributed by atoms with Crippen LogP contribution in [0.2, 0.25) is 10.0 Å². The van der Waals surface area contributed by atoms with Crippen molar-refractivity contribution in [2.24, 2.45) is 17.3 Å². The molecule has 0 spiro atoms. The maximum absolute atomic E-state index is 12.2. The molecule has 41 heavy (non-hydrogen) atoms. The van der Waals surface area contributed by atoms with E-state index >= 15 is 0 Å². The van der Waals surface area contributed by atoms with Gasteiger partial charge in [-0.15, -0.1) is 0 Å². The maximum atomic E-state index is 12.2. The molecular formula is C33H39Cl2NO5. The maximum Gasteiger partial charge on any atom is 0.309 e. The Kier molecular flexibility index (Phi) is 8.60. The molecule has 1 aromatic heterocycles. The van der Waals surface area contributed by atoms with E-state index in [0.717, 1.165) is 41.7 Å². The van der Waals surface area contributed by atoms with Crippen LogP contribution in [0.1, 0.15) is 88.2 Å². The fourth-order valence-electron chi connectivity index (χ4n) is 6.47. The molecule has 6 nitrogen and oxygen atoms in total. The molecule has 2 N–H and O–H groups in total. The molecule has 8 heteroatoms. The Morgan fingerprint density at radius 2 is 1.83 bits per heavy atom. The molecule has 0 radical (unpaired) electrons. The van der Waals surface area contributed by atoms with Gasteiger partial charge in [-0.1, -0.05) is 79.0 Å². The number of halogens is 2. The van der Waals surface area contributed by atoms with Crippen molar-refractivity contribution in [3.63, 3.8) is 0 Å². The third-order valence-corrected chi connectivity index (χ3v) is 9.70. The second-order valence-corrected chi connectivity index (χ2v) is 13.4. The number of rotatable bonds is 10. The monoisotopic (exact) mass is 599 g/mol. The van der Waals surface area contributed by atoms with Gasteiger partial charge in [-0.25, -0.2) is 0 Å². The van der Waals surface area contributed by atoms with E-state index in [-0.39, 0.29) is 17.9 Å². The van der Waals surface area contributed by atoms with E-state index in [4.69, 9.17) is 32.5 Å². The highest BCUT2D eigenvalue weighted by Crippen LogP contribution is 2.49. The second kappa shape index (κ2) is 11.7. The lowest BCUT2D eigenvalue weighted by molar-refractivity contribution is -0.146. The summed E-state index contributed by atoms with van der Waals surface area (Å²) in [6.07, 6.45) is 4.63. The van der Waals surface area contributed by atoms with Crippen LogP contribution in [0, 0.1) is 17.3 Å². The molecule has 4 atom stereocenters. The normalized spacial score (nSPS) is 24.9. The highest BCUT2D eigenvalue weighted by molar-refractivity contribution is 6.39. The minimum atomic E-state index is -1.04. The Balaban J connectivity index is 1.36. The molecule has 2 aliphatic carbocycles. The van der Waals surface area contributed by atoms with Gasteiger partial charge in [0.1, 0.15) is 11.5 Å². The number of hydrogen-bond acceptors (Lipinski definition) is 5. The number of hydrogen-bond donors (Lipinski definition) is 2. The molecular weight excluding hydrogens is 561 g/mol. The van der Waals surface area contributed by atoms with Gasteiger partial charge in [0.25, 0.3) is 0 Å². The van der Waals surface area contributed by atoms with Gasteiger partial charge in [-0.05, 0) is 81.0 Å². The van der Waals surface area contributed by atoms with Crippen LogP contribution in [0.25, 0.3) is 11.3 Å². The zero-order valence-corrected chi connectivity index (χ0v) is 25.6. The first-order valence-electron chi connectivity index (χ1n) is 14.5. The zero-order valence-electron chi connectivity index (χ0n) is 24.1. The Labute approximate surface area is 252 Å². The van der Waals surface area contributed by atoms with Gasteiger partial charge in [-0.3, -0.25) is 4.79 Å². The summed E-state index contributed by atoms with van der Waals surface area (Å²) in [5.41, 5.74) is 2.03. The molecule has 0 aliphatic heterocycles. The van der Waals surface area contributed by atoms with E-state index in [1.165, 1.54) is 0 Å². The molecule has 0 unspecified atom stereocenters. The molecule has 1 heterocycles. The van der Waals surface area contributed by atoms with E-state index in [1.807, 2.05) is 30.3 Å². The third-order valence-electron chi connectivity index (χ3n) is 9.07. The number of carbonyl (C=O) groups is 1. The molecule has 2 saturated carbocycles. The predicted octanol–water partition coefficient (Wildman–Crippen LogP) is 8.41. The standard InChI is InChI=1S/C33H39Cl2NO5/c1-5-22-16-24(14-19(2)33(22,39)23-9-6-8-20(15-23)17-32(3,4)31(37)38)40-18-25-29(36-41-30(25)21-12-13-21)28-26(34)10-7-11-27(28)35/h6-11,15,19,21-22,24,39H,5,12-14,16-18H2,1-4H3,(H,37,38)/t19-,22+,24-,33+/m0/s1. The van der Waals surface area contributed by atoms with Crippen molar-refractivity contribution in [1.29, 1.82) is 0 Å².